The molecule has 0 spiro atoms. The van der Waals surface area contributed by atoms with Gasteiger partial charge in [-0.05, 0) is 59.3 Å². The highest BCUT2D eigenvalue weighted by atomic mass is 79.9. The minimum atomic E-state index is 0.366. The van der Waals surface area contributed by atoms with Crippen LogP contribution in [0.4, 0.5) is 5.69 Å². The molecule has 0 heterocycles. The van der Waals surface area contributed by atoms with E-state index in [1.165, 1.54) is 24.0 Å². The van der Waals surface area contributed by atoms with E-state index in [0.717, 1.165) is 21.1 Å². The Morgan fingerprint density at radius 1 is 1.15 bits per heavy atom. The van der Waals surface area contributed by atoms with Crippen molar-refractivity contribution >= 4 is 33.2 Å². The minimum absolute atomic E-state index is 0.366. The molecule has 0 radical (unpaired) electrons. The first-order valence-corrected chi connectivity index (χ1v) is 8.09. The van der Waals surface area contributed by atoms with E-state index in [9.17, 15) is 0 Å². The molecule has 1 N–H and O–H groups in total. The van der Waals surface area contributed by atoms with Crippen LogP contribution in [0.25, 0.3) is 0 Å². The van der Waals surface area contributed by atoms with Crippen molar-refractivity contribution in [1.29, 1.82) is 0 Å². The molecule has 0 aromatic heterocycles. The summed E-state index contributed by atoms with van der Waals surface area (Å²) < 4.78 is 0.944. The predicted molar refractivity (Wildman–Crippen MR) is 89.4 cm³/mol. The van der Waals surface area contributed by atoms with Crippen LogP contribution < -0.4 is 5.32 Å². The van der Waals surface area contributed by atoms with Gasteiger partial charge in [-0.15, -0.1) is 0 Å². The second kappa shape index (κ2) is 5.79. The van der Waals surface area contributed by atoms with Crippen LogP contribution in [0.3, 0.4) is 0 Å². The van der Waals surface area contributed by atoms with Crippen molar-refractivity contribution in [1.82, 2.24) is 0 Å². The van der Waals surface area contributed by atoms with Gasteiger partial charge in [0, 0.05) is 0 Å². The molecule has 1 aliphatic carbocycles. The standard InChI is InChI=1S/C17H17BrClN/c1-11-5-7-12(8-6-11)17(13-9-10-13)20-15-4-2-3-14(19)16(15)18/h2-8,13,17,20H,9-10H2,1H3. The molecule has 0 saturated heterocycles. The Bertz CT molecular complexity index is 605. The van der Waals surface area contributed by atoms with Crippen LogP contribution in [0.1, 0.15) is 30.0 Å². The third kappa shape index (κ3) is 3.02. The Balaban J connectivity index is 1.88. The first-order valence-electron chi connectivity index (χ1n) is 6.92. The molecule has 3 heteroatoms. The summed E-state index contributed by atoms with van der Waals surface area (Å²) in [5.74, 6) is 0.726. The first kappa shape index (κ1) is 14.0. The van der Waals surface area contributed by atoms with Crippen LogP contribution in [0.5, 0.6) is 0 Å². The second-order valence-electron chi connectivity index (χ2n) is 5.47. The van der Waals surface area contributed by atoms with Crippen molar-refractivity contribution in [2.24, 2.45) is 5.92 Å². The molecule has 1 fully saturated rings. The lowest BCUT2D eigenvalue weighted by Crippen LogP contribution is -2.13. The molecule has 0 bridgehead atoms. The molecule has 1 aliphatic rings. The van der Waals surface area contributed by atoms with Gasteiger partial charge in [0.15, 0.2) is 0 Å². The average Bonchev–Trinajstić information content (AvgIpc) is 3.26. The minimum Gasteiger partial charge on any atom is -0.377 e. The summed E-state index contributed by atoms with van der Waals surface area (Å²) in [7, 11) is 0. The fraction of sp³-hybridized carbons (Fsp3) is 0.294. The Kier molecular flexibility index (Phi) is 4.04. The fourth-order valence-corrected chi connectivity index (χ4v) is 3.01. The maximum Gasteiger partial charge on any atom is 0.0593 e. The van der Waals surface area contributed by atoms with Crippen molar-refractivity contribution in [3.05, 3.63) is 63.1 Å². The SMILES string of the molecule is Cc1ccc(C(Nc2cccc(Cl)c2Br)C2CC2)cc1. The van der Waals surface area contributed by atoms with Crippen molar-refractivity contribution < 1.29 is 0 Å². The topological polar surface area (TPSA) is 12.0 Å². The molecular weight excluding hydrogens is 334 g/mol. The van der Waals surface area contributed by atoms with Gasteiger partial charge in [-0.2, -0.15) is 0 Å². The average molecular weight is 351 g/mol. The third-order valence-electron chi connectivity index (χ3n) is 3.79. The number of aryl methyl sites for hydroxylation is 1. The highest BCUT2D eigenvalue weighted by Crippen LogP contribution is 2.44. The normalized spacial score (nSPS) is 15.9. The largest absolute Gasteiger partial charge is 0.377 e. The first-order chi connectivity index (χ1) is 9.65. The molecule has 2 aromatic rings. The second-order valence-corrected chi connectivity index (χ2v) is 6.67. The maximum absolute atomic E-state index is 6.17. The molecule has 3 rings (SSSR count). The maximum atomic E-state index is 6.17. The summed E-state index contributed by atoms with van der Waals surface area (Å²) in [5.41, 5.74) is 3.71. The number of halogens is 2. The van der Waals surface area contributed by atoms with Gasteiger partial charge in [0.1, 0.15) is 0 Å². The predicted octanol–water partition coefficient (Wildman–Crippen LogP) is 5.97. The van der Waals surface area contributed by atoms with E-state index in [0.29, 0.717) is 6.04 Å². The van der Waals surface area contributed by atoms with Gasteiger partial charge in [-0.1, -0.05) is 47.5 Å². The van der Waals surface area contributed by atoms with Crippen molar-refractivity contribution in [3.8, 4) is 0 Å². The van der Waals surface area contributed by atoms with Gasteiger partial charge in [0.05, 0.1) is 21.2 Å². The highest BCUT2D eigenvalue weighted by Gasteiger charge is 2.32. The van der Waals surface area contributed by atoms with Gasteiger partial charge in [0.2, 0.25) is 0 Å². The Morgan fingerprint density at radius 2 is 1.85 bits per heavy atom. The summed E-state index contributed by atoms with van der Waals surface area (Å²) in [6, 6.07) is 15.1. The molecule has 0 amide bonds. The Hall–Kier alpha value is -0.990. The molecule has 20 heavy (non-hydrogen) atoms. The summed E-state index contributed by atoms with van der Waals surface area (Å²) in [5, 5.41) is 4.40. The summed E-state index contributed by atoms with van der Waals surface area (Å²) in [6.45, 7) is 2.12. The smallest absolute Gasteiger partial charge is 0.0593 e. The van der Waals surface area contributed by atoms with Crippen LogP contribution in [0, 0.1) is 12.8 Å². The lowest BCUT2D eigenvalue weighted by Gasteiger charge is -2.21. The number of anilines is 1. The van der Waals surface area contributed by atoms with Gasteiger partial charge < -0.3 is 5.32 Å². The van der Waals surface area contributed by atoms with E-state index in [-0.39, 0.29) is 0 Å². The molecule has 1 atom stereocenters. The molecule has 1 nitrogen and oxygen atoms in total. The molecule has 0 aliphatic heterocycles. The van der Waals surface area contributed by atoms with E-state index in [4.69, 9.17) is 11.6 Å². The van der Waals surface area contributed by atoms with Gasteiger partial charge >= 0.3 is 0 Å². The third-order valence-corrected chi connectivity index (χ3v) is 5.19. The summed E-state index contributed by atoms with van der Waals surface area (Å²) >= 11 is 9.74. The fourth-order valence-electron chi connectivity index (χ4n) is 2.46. The lowest BCUT2D eigenvalue weighted by atomic mass is 10.0. The van der Waals surface area contributed by atoms with Crippen LogP contribution in [-0.2, 0) is 0 Å². The number of hydrogen-bond acceptors (Lipinski definition) is 1. The lowest BCUT2D eigenvalue weighted by molar-refractivity contribution is 0.678. The monoisotopic (exact) mass is 349 g/mol. The molecule has 2 aromatic carbocycles. The van der Waals surface area contributed by atoms with Crippen LogP contribution in [0.2, 0.25) is 5.02 Å². The van der Waals surface area contributed by atoms with Crippen LogP contribution in [-0.4, -0.2) is 0 Å². The zero-order chi connectivity index (χ0) is 14.1. The Morgan fingerprint density at radius 3 is 2.50 bits per heavy atom. The molecular formula is C17H17BrClN. The zero-order valence-corrected chi connectivity index (χ0v) is 13.7. The van der Waals surface area contributed by atoms with Crippen molar-refractivity contribution in [3.63, 3.8) is 0 Å². The van der Waals surface area contributed by atoms with Crippen LogP contribution >= 0.6 is 27.5 Å². The summed E-state index contributed by atoms with van der Waals surface area (Å²) in [4.78, 5) is 0. The number of benzene rings is 2. The van der Waals surface area contributed by atoms with Gasteiger partial charge in [0.25, 0.3) is 0 Å². The quantitative estimate of drug-likeness (QED) is 0.716. The molecule has 1 saturated carbocycles. The van der Waals surface area contributed by atoms with E-state index in [2.05, 4.69) is 58.5 Å². The van der Waals surface area contributed by atoms with E-state index in [1.54, 1.807) is 0 Å². The number of nitrogens with one attached hydrogen (secondary N) is 1. The van der Waals surface area contributed by atoms with E-state index < -0.39 is 0 Å². The highest BCUT2D eigenvalue weighted by molar-refractivity contribution is 9.10. The molecule has 1 unspecified atom stereocenters. The van der Waals surface area contributed by atoms with Gasteiger partial charge in [-0.3, -0.25) is 0 Å². The number of hydrogen-bond donors (Lipinski definition) is 1. The Labute approximate surface area is 133 Å². The van der Waals surface area contributed by atoms with E-state index in [1.807, 2.05) is 12.1 Å². The van der Waals surface area contributed by atoms with Gasteiger partial charge in [-0.25, -0.2) is 0 Å². The van der Waals surface area contributed by atoms with Crippen molar-refractivity contribution in [2.75, 3.05) is 5.32 Å². The zero-order valence-electron chi connectivity index (χ0n) is 11.4. The van der Waals surface area contributed by atoms with E-state index >= 15 is 0 Å². The summed E-state index contributed by atoms with van der Waals surface area (Å²) in [6.07, 6.45) is 2.59. The molecule has 104 valence electrons. The number of rotatable bonds is 4. The van der Waals surface area contributed by atoms with Crippen LogP contribution in [0.15, 0.2) is 46.9 Å². The van der Waals surface area contributed by atoms with Crippen molar-refractivity contribution in [2.45, 2.75) is 25.8 Å².